The van der Waals surface area contributed by atoms with Crippen molar-refractivity contribution in [2.24, 2.45) is 16.5 Å². The minimum absolute atomic E-state index is 0.378. The summed E-state index contributed by atoms with van der Waals surface area (Å²) in [4.78, 5) is 6.20. The third-order valence-corrected chi connectivity index (χ3v) is 1.89. The van der Waals surface area contributed by atoms with Crippen LogP contribution < -0.4 is 16.8 Å². The molecule has 1 heterocycles. The molecule has 74 valence electrons. The summed E-state index contributed by atoms with van der Waals surface area (Å²) >= 11 is 0. The van der Waals surface area contributed by atoms with Crippen LogP contribution in [0.25, 0.3) is 0 Å². The number of hydrogen-bond acceptors (Lipinski definition) is 5. The number of nitrogens with two attached hydrogens (primary N) is 2. The molecule has 1 atom stereocenters. The van der Waals surface area contributed by atoms with E-state index in [0.29, 0.717) is 5.96 Å². The largest absolute Gasteiger partial charge is 0.370 e. The van der Waals surface area contributed by atoms with E-state index >= 15 is 0 Å². The lowest BCUT2D eigenvalue weighted by Gasteiger charge is -2.26. The first kappa shape index (κ1) is 10.0. The highest BCUT2D eigenvalue weighted by molar-refractivity contribution is 5.80. The molecule has 0 saturated carbocycles. The Labute approximate surface area is 78.5 Å². The predicted octanol–water partition coefficient (Wildman–Crippen LogP) is -0.975. The lowest BCUT2D eigenvalue weighted by atomic mass is 10.1. The minimum Gasteiger partial charge on any atom is -0.370 e. The Hall–Kier alpha value is -1.07. The minimum atomic E-state index is -0.639. The van der Waals surface area contributed by atoms with Crippen molar-refractivity contribution in [3.8, 4) is 0 Å². The summed E-state index contributed by atoms with van der Waals surface area (Å²) in [5, 5.41) is 2.78. The number of nitrogens with one attached hydrogen (secondary N) is 1. The summed E-state index contributed by atoms with van der Waals surface area (Å²) < 4.78 is 0. The Morgan fingerprint density at radius 2 is 2.31 bits per heavy atom. The van der Waals surface area contributed by atoms with E-state index in [-0.39, 0.29) is 0 Å². The molecule has 0 bridgehead atoms. The topological polar surface area (TPSA) is 79.7 Å². The van der Waals surface area contributed by atoms with Crippen LogP contribution in [-0.2, 0) is 0 Å². The first-order chi connectivity index (χ1) is 6.02. The van der Waals surface area contributed by atoms with Crippen molar-refractivity contribution in [1.82, 2.24) is 10.2 Å². The molecule has 5 heteroatoms. The van der Waals surface area contributed by atoms with Crippen LogP contribution >= 0.6 is 0 Å². The molecule has 0 aromatic carbocycles. The van der Waals surface area contributed by atoms with Gasteiger partial charge in [0.2, 0.25) is 0 Å². The van der Waals surface area contributed by atoms with Crippen LogP contribution in [0.3, 0.4) is 0 Å². The molecule has 0 radical (unpaired) electrons. The van der Waals surface area contributed by atoms with Gasteiger partial charge in [0, 0.05) is 19.2 Å². The lowest BCUT2D eigenvalue weighted by molar-refractivity contribution is 0.352. The van der Waals surface area contributed by atoms with Crippen LogP contribution in [0.2, 0.25) is 0 Å². The van der Waals surface area contributed by atoms with E-state index in [2.05, 4.69) is 15.2 Å². The highest BCUT2D eigenvalue weighted by atomic mass is 15.2. The third-order valence-electron chi connectivity index (χ3n) is 1.89. The second-order valence-electron chi connectivity index (χ2n) is 3.52. The zero-order chi connectivity index (χ0) is 9.90. The van der Waals surface area contributed by atoms with Gasteiger partial charge in [-0.15, -0.1) is 0 Å². The van der Waals surface area contributed by atoms with E-state index in [0.717, 1.165) is 13.0 Å². The number of aliphatic imine (C=N–C) groups is 1. The average Bonchev–Trinajstić information content (AvgIpc) is 2.01. The van der Waals surface area contributed by atoms with Crippen LogP contribution in [-0.4, -0.2) is 37.2 Å². The molecular weight excluding hydrogens is 166 g/mol. The number of guanidine groups is 1. The van der Waals surface area contributed by atoms with Gasteiger partial charge in [-0.25, -0.2) is 4.99 Å². The van der Waals surface area contributed by atoms with Gasteiger partial charge >= 0.3 is 0 Å². The van der Waals surface area contributed by atoms with E-state index < -0.39 is 5.66 Å². The van der Waals surface area contributed by atoms with Crippen LogP contribution in [0.15, 0.2) is 17.3 Å². The van der Waals surface area contributed by atoms with Crippen molar-refractivity contribution in [2.45, 2.75) is 12.1 Å². The summed E-state index contributed by atoms with van der Waals surface area (Å²) in [5.74, 6) is 0.378. The zero-order valence-electron chi connectivity index (χ0n) is 8.12. The van der Waals surface area contributed by atoms with E-state index in [1.54, 1.807) is 6.20 Å². The summed E-state index contributed by atoms with van der Waals surface area (Å²) in [5.41, 5.74) is 10.8. The number of rotatable bonds is 3. The molecule has 5 N–H and O–H groups in total. The maximum absolute atomic E-state index is 5.98. The molecule has 0 amide bonds. The molecule has 0 spiro atoms. The Kier molecular flexibility index (Phi) is 2.90. The van der Waals surface area contributed by atoms with Gasteiger partial charge in [0.25, 0.3) is 0 Å². The predicted molar refractivity (Wildman–Crippen MR) is 54.0 cm³/mol. The van der Waals surface area contributed by atoms with Crippen molar-refractivity contribution in [3.63, 3.8) is 0 Å². The molecule has 1 unspecified atom stereocenters. The van der Waals surface area contributed by atoms with E-state index in [4.69, 9.17) is 11.5 Å². The van der Waals surface area contributed by atoms with Crippen LogP contribution in [0, 0.1) is 0 Å². The molecule has 0 saturated heterocycles. The fraction of sp³-hybridized carbons (Fsp3) is 0.625. The molecule has 13 heavy (non-hydrogen) atoms. The van der Waals surface area contributed by atoms with Crippen LogP contribution in [0.4, 0.5) is 0 Å². The molecule has 0 aliphatic carbocycles. The molecule has 0 aromatic heterocycles. The quantitative estimate of drug-likeness (QED) is 0.525. The maximum Gasteiger partial charge on any atom is 0.194 e. The SMILES string of the molecule is CN(C)CCC1(N)C=CNC(N)=N1. The Balaban J connectivity index is 2.54. The summed E-state index contributed by atoms with van der Waals surface area (Å²) in [6, 6.07) is 0. The van der Waals surface area contributed by atoms with Gasteiger partial charge < -0.3 is 21.7 Å². The van der Waals surface area contributed by atoms with Gasteiger partial charge in [-0.1, -0.05) is 0 Å². The second-order valence-corrected chi connectivity index (χ2v) is 3.52. The van der Waals surface area contributed by atoms with Gasteiger partial charge in [-0.3, -0.25) is 0 Å². The average molecular weight is 183 g/mol. The molecule has 0 aromatic rings. The van der Waals surface area contributed by atoms with E-state index in [1.165, 1.54) is 0 Å². The molecular formula is C8H17N5. The van der Waals surface area contributed by atoms with Gasteiger partial charge in [0.05, 0.1) is 0 Å². The Bertz CT molecular complexity index is 233. The number of nitrogens with zero attached hydrogens (tertiary/aromatic N) is 2. The third kappa shape index (κ3) is 3.04. The normalized spacial score (nSPS) is 27.2. The van der Waals surface area contributed by atoms with Crippen LogP contribution in [0.1, 0.15) is 6.42 Å². The highest BCUT2D eigenvalue weighted by Gasteiger charge is 2.22. The maximum atomic E-state index is 5.98. The monoisotopic (exact) mass is 183 g/mol. The highest BCUT2D eigenvalue weighted by Crippen LogP contribution is 2.12. The molecule has 1 aliphatic heterocycles. The van der Waals surface area contributed by atoms with Crippen molar-refractivity contribution in [3.05, 3.63) is 12.3 Å². The molecule has 5 nitrogen and oxygen atoms in total. The van der Waals surface area contributed by atoms with Crippen molar-refractivity contribution in [1.29, 1.82) is 0 Å². The zero-order valence-corrected chi connectivity index (χ0v) is 8.12. The fourth-order valence-electron chi connectivity index (χ4n) is 1.11. The van der Waals surface area contributed by atoms with Gasteiger partial charge in [0.15, 0.2) is 5.96 Å². The van der Waals surface area contributed by atoms with Crippen LogP contribution in [0.5, 0.6) is 0 Å². The Morgan fingerprint density at radius 3 is 2.85 bits per heavy atom. The van der Waals surface area contributed by atoms with Gasteiger partial charge in [-0.2, -0.15) is 0 Å². The second kappa shape index (κ2) is 3.76. The summed E-state index contributed by atoms with van der Waals surface area (Å²) in [6.45, 7) is 0.887. The standard InChI is InChI=1S/C8H17N5/c1-13(2)6-4-8(10)3-5-11-7(9)12-8/h3,5H,4,6,10H2,1-2H3,(H3,9,11,12). The summed E-state index contributed by atoms with van der Waals surface area (Å²) in [6.07, 6.45) is 4.32. The van der Waals surface area contributed by atoms with Gasteiger partial charge in [-0.05, 0) is 20.2 Å². The molecule has 0 fully saturated rings. The first-order valence-electron chi connectivity index (χ1n) is 4.25. The van der Waals surface area contributed by atoms with Crippen molar-refractivity contribution in [2.75, 3.05) is 20.6 Å². The lowest BCUT2D eigenvalue weighted by Crippen LogP contribution is -2.45. The van der Waals surface area contributed by atoms with E-state index in [1.807, 2.05) is 20.2 Å². The smallest absolute Gasteiger partial charge is 0.194 e. The Morgan fingerprint density at radius 1 is 1.62 bits per heavy atom. The first-order valence-corrected chi connectivity index (χ1v) is 4.25. The fourth-order valence-corrected chi connectivity index (χ4v) is 1.11. The van der Waals surface area contributed by atoms with Crippen molar-refractivity contribution >= 4 is 5.96 Å². The van der Waals surface area contributed by atoms with Crippen molar-refractivity contribution < 1.29 is 0 Å². The molecule has 1 rings (SSSR count). The summed E-state index contributed by atoms with van der Waals surface area (Å²) in [7, 11) is 4.00. The van der Waals surface area contributed by atoms with E-state index in [9.17, 15) is 0 Å². The number of hydrogen-bond donors (Lipinski definition) is 3. The molecule has 1 aliphatic rings. The van der Waals surface area contributed by atoms with Gasteiger partial charge in [0.1, 0.15) is 5.66 Å².